The Labute approximate surface area is 136 Å². The molecule has 1 saturated heterocycles. The largest absolute Gasteiger partial charge is 0.479 e. The van der Waals surface area contributed by atoms with Crippen molar-refractivity contribution in [2.24, 2.45) is 0 Å². The van der Waals surface area contributed by atoms with E-state index in [1.54, 1.807) is 30.3 Å². The summed E-state index contributed by atoms with van der Waals surface area (Å²) >= 11 is 0.764. The van der Waals surface area contributed by atoms with Gasteiger partial charge in [-0.05, 0) is 35.5 Å². The maximum absolute atomic E-state index is 12.1. The molecule has 0 unspecified atom stereocenters. The number of rotatable bonds is 5. The van der Waals surface area contributed by atoms with Crippen molar-refractivity contribution < 1.29 is 23.9 Å². The minimum Gasteiger partial charge on any atom is -0.479 e. The van der Waals surface area contributed by atoms with E-state index in [-0.39, 0.29) is 11.5 Å². The van der Waals surface area contributed by atoms with Gasteiger partial charge in [-0.15, -0.1) is 0 Å². The molecule has 0 saturated carbocycles. The van der Waals surface area contributed by atoms with Crippen LogP contribution in [0, 0.1) is 11.3 Å². The number of nitrogens with zero attached hydrogens (tertiary/aromatic N) is 2. The van der Waals surface area contributed by atoms with E-state index in [9.17, 15) is 14.4 Å². The zero-order valence-corrected chi connectivity index (χ0v) is 13.0. The van der Waals surface area contributed by atoms with Crippen LogP contribution in [-0.2, 0) is 14.3 Å². The number of benzene rings is 1. The highest BCUT2D eigenvalue weighted by Gasteiger charge is 2.36. The molecule has 2 amide bonds. The number of ether oxygens (including phenoxy) is 2. The number of amides is 2. The monoisotopic (exact) mass is 332 g/mol. The van der Waals surface area contributed by atoms with Crippen molar-refractivity contribution in [1.29, 1.82) is 5.26 Å². The fourth-order valence-electron chi connectivity index (χ4n) is 1.76. The molecule has 1 heterocycles. The van der Waals surface area contributed by atoms with E-state index in [0.29, 0.717) is 11.3 Å². The van der Waals surface area contributed by atoms with Crippen LogP contribution in [0.25, 0.3) is 6.08 Å². The molecule has 7 nitrogen and oxygen atoms in total. The fourth-order valence-corrected chi connectivity index (χ4v) is 2.60. The van der Waals surface area contributed by atoms with Gasteiger partial charge in [0.1, 0.15) is 18.4 Å². The van der Waals surface area contributed by atoms with Crippen LogP contribution in [0.2, 0.25) is 0 Å². The van der Waals surface area contributed by atoms with E-state index in [1.807, 2.05) is 6.07 Å². The molecule has 0 atom stereocenters. The van der Waals surface area contributed by atoms with Gasteiger partial charge in [-0.3, -0.25) is 19.3 Å². The molecular weight excluding hydrogens is 320 g/mol. The summed E-state index contributed by atoms with van der Waals surface area (Å²) in [6.07, 6.45) is 1.55. The van der Waals surface area contributed by atoms with Gasteiger partial charge in [0, 0.05) is 0 Å². The molecule has 0 spiro atoms. The van der Waals surface area contributed by atoms with Crippen molar-refractivity contribution in [3.8, 4) is 11.8 Å². The third-order valence-corrected chi connectivity index (χ3v) is 3.78. The molecule has 2 rings (SSSR count). The average Bonchev–Trinajstić information content (AvgIpc) is 2.81. The summed E-state index contributed by atoms with van der Waals surface area (Å²) in [5, 5.41) is 7.92. The Balaban J connectivity index is 2.11. The summed E-state index contributed by atoms with van der Waals surface area (Å²) in [7, 11) is 1.19. The van der Waals surface area contributed by atoms with E-state index < -0.39 is 23.7 Å². The molecule has 1 fully saturated rings. The lowest BCUT2D eigenvalue weighted by atomic mass is 10.2. The van der Waals surface area contributed by atoms with Gasteiger partial charge in [-0.25, -0.2) is 0 Å². The third-order valence-electron chi connectivity index (χ3n) is 2.87. The molecular formula is C15H12N2O5S. The first kappa shape index (κ1) is 16.6. The van der Waals surface area contributed by atoms with Crippen molar-refractivity contribution in [1.82, 2.24) is 4.90 Å². The second kappa shape index (κ2) is 7.47. The van der Waals surface area contributed by atoms with E-state index in [2.05, 4.69) is 4.74 Å². The first-order chi connectivity index (χ1) is 11.0. The van der Waals surface area contributed by atoms with Crippen molar-refractivity contribution in [3.05, 3.63) is 34.7 Å². The normalized spacial score (nSPS) is 15.7. The van der Waals surface area contributed by atoms with Gasteiger partial charge >= 0.3 is 5.97 Å². The topological polar surface area (TPSA) is 96.7 Å². The van der Waals surface area contributed by atoms with Crippen LogP contribution in [0.15, 0.2) is 29.2 Å². The van der Waals surface area contributed by atoms with Crippen molar-refractivity contribution >= 4 is 35.0 Å². The molecule has 0 radical (unpaired) electrons. The average molecular weight is 332 g/mol. The number of hydrogen-bond acceptors (Lipinski definition) is 7. The van der Waals surface area contributed by atoms with Gasteiger partial charge in [0.25, 0.3) is 11.1 Å². The fraction of sp³-hybridized carbons (Fsp3) is 0.200. The van der Waals surface area contributed by atoms with Crippen molar-refractivity contribution in [2.45, 2.75) is 0 Å². The lowest BCUT2D eigenvalue weighted by Crippen LogP contribution is -2.34. The summed E-state index contributed by atoms with van der Waals surface area (Å²) in [6.45, 7) is -0.453. The second-order valence-electron chi connectivity index (χ2n) is 4.36. The van der Waals surface area contributed by atoms with Gasteiger partial charge in [0.2, 0.25) is 0 Å². The summed E-state index contributed by atoms with van der Waals surface area (Å²) in [5.41, 5.74) is 0.692. The molecule has 1 aromatic rings. The third kappa shape index (κ3) is 4.11. The Morgan fingerprint density at radius 3 is 2.65 bits per heavy atom. The van der Waals surface area contributed by atoms with E-state index in [0.717, 1.165) is 16.7 Å². The number of esters is 1. The van der Waals surface area contributed by atoms with E-state index >= 15 is 0 Å². The Hall–Kier alpha value is -2.79. The molecule has 1 aromatic carbocycles. The SMILES string of the molecule is COC(=O)CN1C(=O)S/C(=C\c2ccc(OCC#N)cc2)C1=O. The van der Waals surface area contributed by atoms with E-state index in [1.165, 1.54) is 7.11 Å². The Bertz CT molecular complexity index is 706. The van der Waals surface area contributed by atoms with Crippen LogP contribution in [0.3, 0.4) is 0 Å². The van der Waals surface area contributed by atoms with Crippen LogP contribution >= 0.6 is 11.8 Å². The number of carbonyl (C=O) groups excluding carboxylic acids is 3. The first-order valence-corrected chi connectivity index (χ1v) is 7.29. The predicted octanol–water partition coefficient (Wildman–Crippen LogP) is 1.80. The molecule has 1 aliphatic heterocycles. The Morgan fingerprint density at radius 2 is 2.04 bits per heavy atom. The summed E-state index contributed by atoms with van der Waals surface area (Å²) in [5.74, 6) is -0.662. The minimum atomic E-state index is -0.660. The van der Waals surface area contributed by atoms with Crippen LogP contribution in [-0.4, -0.2) is 42.3 Å². The Morgan fingerprint density at radius 1 is 1.35 bits per heavy atom. The van der Waals surface area contributed by atoms with Gasteiger partial charge in [-0.2, -0.15) is 5.26 Å². The molecule has 0 aromatic heterocycles. The summed E-state index contributed by atoms with van der Waals surface area (Å²) in [4.78, 5) is 36.2. The number of hydrogen-bond donors (Lipinski definition) is 0. The smallest absolute Gasteiger partial charge is 0.325 e. The van der Waals surface area contributed by atoms with Gasteiger partial charge in [0.05, 0.1) is 12.0 Å². The lowest BCUT2D eigenvalue weighted by molar-refractivity contribution is -0.143. The highest BCUT2D eigenvalue weighted by molar-refractivity contribution is 8.18. The molecule has 0 aliphatic carbocycles. The van der Waals surface area contributed by atoms with Gasteiger partial charge < -0.3 is 9.47 Å². The highest BCUT2D eigenvalue weighted by atomic mass is 32.2. The molecule has 118 valence electrons. The predicted molar refractivity (Wildman–Crippen MR) is 82.2 cm³/mol. The highest BCUT2D eigenvalue weighted by Crippen LogP contribution is 2.32. The van der Waals surface area contributed by atoms with Gasteiger partial charge in [0.15, 0.2) is 6.61 Å². The second-order valence-corrected chi connectivity index (χ2v) is 5.35. The maximum Gasteiger partial charge on any atom is 0.325 e. The summed E-state index contributed by atoms with van der Waals surface area (Å²) in [6, 6.07) is 8.56. The Kier molecular flexibility index (Phi) is 5.38. The minimum absolute atomic E-state index is 0.0498. The van der Waals surface area contributed by atoms with Crippen LogP contribution in [0.4, 0.5) is 4.79 Å². The van der Waals surface area contributed by atoms with Crippen LogP contribution in [0.1, 0.15) is 5.56 Å². The van der Waals surface area contributed by atoms with Crippen molar-refractivity contribution in [3.63, 3.8) is 0 Å². The lowest BCUT2D eigenvalue weighted by Gasteiger charge is -2.09. The van der Waals surface area contributed by atoms with Crippen molar-refractivity contribution in [2.75, 3.05) is 20.3 Å². The quantitative estimate of drug-likeness (QED) is 0.599. The number of thioether (sulfide) groups is 1. The van der Waals surface area contributed by atoms with E-state index in [4.69, 9.17) is 10.00 Å². The molecule has 8 heteroatoms. The number of imide groups is 1. The maximum atomic E-state index is 12.1. The van der Waals surface area contributed by atoms with Gasteiger partial charge in [-0.1, -0.05) is 12.1 Å². The molecule has 23 heavy (non-hydrogen) atoms. The summed E-state index contributed by atoms with van der Waals surface area (Å²) < 4.78 is 9.58. The molecule has 1 aliphatic rings. The van der Waals surface area contributed by atoms with Crippen LogP contribution in [0.5, 0.6) is 5.75 Å². The first-order valence-electron chi connectivity index (χ1n) is 6.47. The zero-order valence-electron chi connectivity index (χ0n) is 12.1. The number of methoxy groups -OCH3 is 1. The standard InChI is InChI=1S/C15H12N2O5S/c1-21-13(18)9-17-14(19)12(23-15(17)20)8-10-2-4-11(5-3-10)22-7-6-16/h2-5,8H,7,9H2,1H3/b12-8-. The number of carbonyl (C=O) groups is 3. The molecule has 0 bridgehead atoms. The zero-order chi connectivity index (χ0) is 16.8. The molecule has 0 N–H and O–H groups in total. The number of nitriles is 1. The van der Waals surface area contributed by atoms with Crippen LogP contribution < -0.4 is 4.74 Å².